The van der Waals surface area contributed by atoms with E-state index in [0.717, 1.165) is 25.4 Å². The lowest BCUT2D eigenvalue weighted by atomic mass is 10.1. The minimum atomic E-state index is 0.0797. The third-order valence-electron chi connectivity index (χ3n) is 3.29. The number of nitrogens with zero attached hydrogens (tertiary/aromatic N) is 1. The van der Waals surface area contributed by atoms with Crippen molar-refractivity contribution in [2.24, 2.45) is 0 Å². The molecule has 1 aliphatic heterocycles. The van der Waals surface area contributed by atoms with Crippen molar-refractivity contribution in [1.82, 2.24) is 4.90 Å². The molecule has 92 valence electrons. The largest absolute Gasteiger partial charge is 0.496 e. The molecule has 17 heavy (non-hydrogen) atoms. The molecule has 0 aromatic heterocycles. The van der Waals surface area contributed by atoms with Gasteiger partial charge in [-0.25, -0.2) is 0 Å². The van der Waals surface area contributed by atoms with Crippen molar-refractivity contribution in [3.05, 3.63) is 29.3 Å². The Bertz CT molecular complexity index is 409. The number of ketones is 1. The maximum Gasteiger partial charge on any atom is 0.159 e. The molecule has 0 saturated carbocycles. The molecule has 2 rings (SSSR count). The van der Waals surface area contributed by atoms with Gasteiger partial charge in [0.2, 0.25) is 0 Å². The van der Waals surface area contributed by atoms with Crippen LogP contribution in [0.25, 0.3) is 0 Å². The number of hydrogen-bond donors (Lipinski definition) is 0. The Labute approximate surface area is 102 Å². The van der Waals surface area contributed by atoms with E-state index < -0.39 is 0 Å². The molecule has 1 fully saturated rings. The lowest BCUT2D eigenvalue weighted by molar-refractivity contribution is 0.101. The molecular weight excluding hydrogens is 214 g/mol. The van der Waals surface area contributed by atoms with E-state index in [2.05, 4.69) is 4.90 Å². The maximum atomic E-state index is 11.3. The number of hydrogen-bond acceptors (Lipinski definition) is 3. The second-order valence-corrected chi connectivity index (χ2v) is 4.57. The molecule has 1 aromatic rings. The van der Waals surface area contributed by atoms with Crippen molar-refractivity contribution >= 4 is 5.78 Å². The topological polar surface area (TPSA) is 29.5 Å². The van der Waals surface area contributed by atoms with E-state index in [4.69, 9.17) is 4.74 Å². The Morgan fingerprint density at radius 1 is 1.35 bits per heavy atom. The Morgan fingerprint density at radius 3 is 2.65 bits per heavy atom. The van der Waals surface area contributed by atoms with Crippen LogP contribution in [0.5, 0.6) is 5.75 Å². The normalized spacial score (nSPS) is 16.1. The highest BCUT2D eigenvalue weighted by Gasteiger charge is 2.14. The van der Waals surface area contributed by atoms with Crippen molar-refractivity contribution in [3.63, 3.8) is 0 Å². The standard InChI is InChI=1S/C14H19NO2/c1-11(16)12-5-6-13(14(9-12)17-2)10-15-7-3-4-8-15/h5-6,9H,3-4,7-8,10H2,1-2H3. The van der Waals surface area contributed by atoms with Crippen LogP contribution in [0, 0.1) is 0 Å². The summed E-state index contributed by atoms with van der Waals surface area (Å²) in [4.78, 5) is 13.7. The van der Waals surface area contributed by atoms with Crippen molar-refractivity contribution in [2.75, 3.05) is 20.2 Å². The van der Waals surface area contributed by atoms with E-state index in [1.54, 1.807) is 14.0 Å². The Hall–Kier alpha value is -1.35. The minimum absolute atomic E-state index is 0.0797. The molecule has 3 nitrogen and oxygen atoms in total. The molecule has 0 amide bonds. The minimum Gasteiger partial charge on any atom is -0.496 e. The number of likely N-dealkylation sites (tertiary alicyclic amines) is 1. The van der Waals surface area contributed by atoms with E-state index in [1.165, 1.54) is 18.4 Å². The highest BCUT2D eigenvalue weighted by Crippen LogP contribution is 2.23. The van der Waals surface area contributed by atoms with Crippen LogP contribution in [-0.2, 0) is 6.54 Å². The monoisotopic (exact) mass is 233 g/mol. The Kier molecular flexibility index (Phi) is 3.79. The molecule has 0 aliphatic carbocycles. The summed E-state index contributed by atoms with van der Waals surface area (Å²) in [7, 11) is 1.66. The zero-order valence-corrected chi connectivity index (χ0v) is 10.5. The molecule has 0 spiro atoms. The number of rotatable bonds is 4. The Balaban J connectivity index is 2.18. The van der Waals surface area contributed by atoms with Gasteiger partial charge in [0.25, 0.3) is 0 Å². The quantitative estimate of drug-likeness (QED) is 0.748. The van der Waals surface area contributed by atoms with Gasteiger partial charge < -0.3 is 4.74 Å². The van der Waals surface area contributed by atoms with Gasteiger partial charge in [-0.1, -0.05) is 12.1 Å². The number of carbonyl (C=O) groups is 1. The van der Waals surface area contributed by atoms with Crippen LogP contribution in [-0.4, -0.2) is 30.9 Å². The SMILES string of the molecule is COc1cc(C(C)=O)ccc1CN1CCCC1. The zero-order chi connectivity index (χ0) is 12.3. The number of carbonyl (C=O) groups excluding carboxylic acids is 1. The van der Waals surface area contributed by atoms with Crippen LogP contribution < -0.4 is 4.74 Å². The molecule has 0 bridgehead atoms. The van der Waals surface area contributed by atoms with E-state index >= 15 is 0 Å². The first-order valence-corrected chi connectivity index (χ1v) is 6.11. The van der Waals surface area contributed by atoms with Gasteiger partial charge in [0.05, 0.1) is 7.11 Å². The molecule has 1 aromatic carbocycles. The summed E-state index contributed by atoms with van der Waals surface area (Å²) >= 11 is 0. The van der Waals surface area contributed by atoms with Gasteiger partial charge in [0, 0.05) is 17.7 Å². The molecule has 0 N–H and O–H groups in total. The number of Topliss-reactive ketones (excluding diaryl/α,β-unsaturated/α-hetero) is 1. The first-order chi connectivity index (χ1) is 8.20. The molecule has 1 saturated heterocycles. The van der Waals surface area contributed by atoms with E-state index in [0.29, 0.717) is 5.56 Å². The predicted octanol–water partition coefficient (Wildman–Crippen LogP) is 2.49. The molecule has 1 aliphatic rings. The van der Waals surface area contributed by atoms with Crippen LogP contribution in [0.2, 0.25) is 0 Å². The van der Waals surface area contributed by atoms with Crippen LogP contribution in [0.1, 0.15) is 35.7 Å². The predicted molar refractivity (Wildman–Crippen MR) is 67.5 cm³/mol. The average molecular weight is 233 g/mol. The van der Waals surface area contributed by atoms with Crippen LogP contribution in [0.4, 0.5) is 0 Å². The molecule has 0 atom stereocenters. The Morgan fingerprint density at radius 2 is 2.06 bits per heavy atom. The number of ether oxygens (including phenoxy) is 1. The summed E-state index contributed by atoms with van der Waals surface area (Å²) < 4.78 is 5.37. The summed E-state index contributed by atoms with van der Waals surface area (Å²) in [6.45, 7) is 4.82. The van der Waals surface area contributed by atoms with Crippen LogP contribution >= 0.6 is 0 Å². The first-order valence-electron chi connectivity index (χ1n) is 6.11. The van der Waals surface area contributed by atoms with Gasteiger partial charge >= 0.3 is 0 Å². The van der Waals surface area contributed by atoms with E-state index in [9.17, 15) is 4.79 Å². The van der Waals surface area contributed by atoms with Gasteiger partial charge in [0.15, 0.2) is 5.78 Å². The summed E-state index contributed by atoms with van der Waals surface area (Å²) in [5, 5.41) is 0. The molecule has 1 heterocycles. The second-order valence-electron chi connectivity index (χ2n) is 4.57. The van der Waals surface area contributed by atoms with Crippen molar-refractivity contribution in [2.45, 2.75) is 26.3 Å². The van der Waals surface area contributed by atoms with Crippen molar-refractivity contribution in [3.8, 4) is 5.75 Å². The molecular formula is C14H19NO2. The van der Waals surface area contributed by atoms with Crippen LogP contribution in [0.15, 0.2) is 18.2 Å². The van der Waals surface area contributed by atoms with Gasteiger partial charge in [0.1, 0.15) is 5.75 Å². The maximum absolute atomic E-state index is 11.3. The van der Waals surface area contributed by atoms with Gasteiger partial charge in [-0.15, -0.1) is 0 Å². The van der Waals surface area contributed by atoms with Gasteiger partial charge in [-0.05, 0) is 38.9 Å². The number of benzene rings is 1. The van der Waals surface area contributed by atoms with Crippen molar-refractivity contribution < 1.29 is 9.53 Å². The molecule has 0 unspecified atom stereocenters. The number of methoxy groups -OCH3 is 1. The summed E-state index contributed by atoms with van der Waals surface area (Å²) in [6, 6.07) is 5.73. The van der Waals surface area contributed by atoms with Crippen molar-refractivity contribution in [1.29, 1.82) is 0 Å². The highest BCUT2D eigenvalue weighted by molar-refractivity contribution is 5.94. The lowest BCUT2D eigenvalue weighted by Gasteiger charge is -2.17. The third kappa shape index (κ3) is 2.86. The fourth-order valence-corrected chi connectivity index (χ4v) is 2.28. The van der Waals surface area contributed by atoms with E-state index in [1.807, 2.05) is 18.2 Å². The lowest BCUT2D eigenvalue weighted by Crippen LogP contribution is -2.18. The fourth-order valence-electron chi connectivity index (χ4n) is 2.28. The summed E-state index contributed by atoms with van der Waals surface area (Å²) in [5.41, 5.74) is 1.88. The smallest absolute Gasteiger partial charge is 0.159 e. The van der Waals surface area contributed by atoms with E-state index in [-0.39, 0.29) is 5.78 Å². The summed E-state index contributed by atoms with van der Waals surface area (Å²) in [5.74, 6) is 0.903. The average Bonchev–Trinajstić information content (AvgIpc) is 2.82. The fraction of sp³-hybridized carbons (Fsp3) is 0.500. The highest BCUT2D eigenvalue weighted by atomic mass is 16.5. The second kappa shape index (κ2) is 5.32. The first kappa shape index (κ1) is 12.1. The summed E-state index contributed by atoms with van der Waals surface area (Å²) in [6.07, 6.45) is 2.57. The van der Waals surface area contributed by atoms with Crippen LogP contribution in [0.3, 0.4) is 0 Å². The third-order valence-corrected chi connectivity index (χ3v) is 3.29. The zero-order valence-electron chi connectivity index (χ0n) is 10.5. The molecule has 0 radical (unpaired) electrons. The molecule has 3 heteroatoms. The van der Waals surface area contributed by atoms with Gasteiger partial charge in [-0.3, -0.25) is 9.69 Å². The van der Waals surface area contributed by atoms with Gasteiger partial charge in [-0.2, -0.15) is 0 Å².